The van der Waals surface area contributed by atoms with Crippen molar-refractivity contribution in [1.29, 1.82) is 0 Å². The largest absolute Gasteiger partial charge is 1.00 e. The fourth-order valence-electron chi connectivity index (χ4n) is 1.85. The van der Waals surface area contributed by atoms with E-state index in [2.05, 4.69) is 13.8 Å². The molecule has 1 aliphatic heterocycles. The molecule has 0 spiro atoms. The van der Waals surface area contributed by atoms with Crippen molar-refractivity contribution in [2.24, 2.45) is 5.92 Å². The molecular formula is C9H20ClN. The minimum atomic E-state index is 0. The predicted molar refractivity (Wildman–Crippen MR) is 44.3 cm³/mol. The predicted octanol–water partition coefficient (Wildman–Crippen LogP) is -2.28. The van der Waals surface area contributed by atoms with E-state index in [1.807, 2.05) is 4.90 Å². The highest BCUT2D eigenvalue weighted by atomic mass is 35.5. The molecule has 11 heavy (non-hydrogen) atoms. The minimum absolute atomic E-state index is 0. The molecule has 1 N–H and O–H groups in total. The summed E-state index contributed by atoms with van der Waals surface area (Å²) >= 11 is 0. The van der Waals surface area contributed by atoms with Crippen LogP contribution in [0, 0.1) is 5.92 Å². The minimum Gasteiger partial charge on any atom is -1.00 e. The van der Waals surface area contributed by atoms with Crippen LogP contribution in [-0.2, 0) is 0 Å². The summed E-state index contributed by atoms with van der Waals surface area (Å²) in [6.07, 6.45) is 4.34. The molecule has 0 atom stereocenters. The molecule has 0 amide bonds. The van der Waals surface area contributed by atoms with Gasteiger partial charge in [0.2, 0.25) is 0 Å². The molecule has 1 nitrogen and oxygen atoms in total. The molecule has 1 heterocycles. The maximum atomic E-state index is 2.32. The van der Waals surface area contributed by atoms with Crippen LogP contribution in [0.25, 0.3) is 0 Å². The summed E-state index contributed by atoms with van der Waals surface area (Å²) in [7, 11) is 0. The molecule has 68 valence electrons. The van der Waals surface area contributed by atoms with Crippen molar-refractivity contribution in [3.8, 4) is 0 Å². The second-order valence-corrected chi connectivity index (χ2v) is 3.46. The topological polar surface area (TPSA) is 4.44 Å². The Morgan fingerprint density at radius 3 is 2.09 bits per heavy atom. The van der Waals surface area contributed by atoms with E-state index in [0.29, 0.717) is 0 Å². The Labute approximate surface area is 76.6 Å². The maximum Gasteiger partial charge on any atom is 0.0773 e. The van der Waals surface area contributed by atoms with Crippen LogP contribution in [0.15, 0.2) is 0 Å². The van der Waals surface area contributed by atoms with Crippen molar-refractivity contribution in [1.82, 2.24) is 0 Å². The molecule has 1 saturated heterocycles. The molecule has 0 saturated carbocycles. The normalized spacial score (nSPS) is 31.1. The highest BCUT2D eigenvalue weighted by Crippen LogP contribution is 2.12. The Bertz CT molecular complexity index is 75.6. The van der Waals surface area contributed by atoms with Crippen LogP contribution in [0.2, 0.25) is 0 Å². The Balaban J connectivity index is 0.000001000. The molecule has 1 fully saturated rings. The lowest BCUT2D eigenvalue weighted by Crippen LogP contribution is -3.12. The van der Waals surface area contributed by atoms with Gasteiger partial charge in [0.05, 0.1) is 19.6 Å². The second kappa shape index (κ2) is 5.84. The lowest BCUT2D eigenvalue weighted by molar-refractivity contribution is -0.904. The Kier molecular flexibility index (Phi) is 5.98. The number of halogens is 1. The number of piperidine rings is 1. The lowest BCUT2D eigenvalue weighted by atomic mass is 9.95. The van der Waals surface area contributed by atoms with Gasteiger partial charge in [-0.2, -0.15) is 0 Å². The molecule has 0 aliphatic carbocycles. The molecule has 0 aromatic heterocycles. The molecule has 0 aromatic carbocycles. The van der Waals surface area contributed by atoms with E-state index in [9.17, 15) is 0 Å². The Morgan fingerprint density at radius 2 is 1.73 bits per heavy atom. The summed E-state index contributed by atoms with van der Waals surface area (Å²) in [5.41, 5.74) is 0. The molecule has 0 unspecified atom stereocenters. The number of hydrogen-bond acceptors (Lipinski definition) is 0. The van der Waals surface area contributed by atoms with E-state index in [4.69, 9.17) is 0 Å². The number of likely N-dealkylation sites (tertiary alicyclic amines) is 1. The van der Waals surface area contributed by atoms with Gasteiger partial charge in [0.25, 0.3) is 0 Å². The zero-order chi connectivity index (χ0) is 7.40. The third-order valence-electron chi connectivity index (χ3n) is 2.89. The monoisotopic (exact) mass is 177 g/mol. The summed E-state index contributed by atoms with van der Waals surface area (Å²) in [4.78, 5) is 1.81. The SMILES string of the molecule is CCC1CC[NH+](CC)CC1.[Cl-]. The highest BCUT2D eigenvalue weighted by molar-refractivity contribution is 4.59. The van der Waals surface area contributed by atoms with Crippen LogP contribution in [0.4, 0.5) is 0 Å². The van der Waals surface area contributed by atoms with Crippen molar-refractivity contribution >= 4 is 0 Å². The zero-order valence-corrected chi connectivity index (χ0v) is 8.45. The van der Waals surface area contributed by atoms with Gasteiger partial charge in [0.1, 0.15) is 0 Å². The summed E-state index contributed by atoms with van der Waals surface area (Å²) in [6.45, 7) is 8.80. The zero-order valence-electron chi connectivity index (χ0n) is 7.70. The van der Waals surface area contributed by atoms with E-state index < -0.39 is 0 Å². The van der Waals surface area contributed by atoms with Gasteiger partial charge in [-0.05, 0) is 25.7 Å². The Hall–Kier alpha value is 0.250. The van der Waals surface area contributed by atoms with Gasteiger partial charge in [-0.3, -0.25) is 0 Å². The number of rotatable bonds is 2. The van der Waals surface area contributed by atoms with Crippen molar-refractivity contribution < 1.29 is 17.3 Å². The van der Waals surface area contributed by atoms with E-state index >= 15 is 0 Å². The summed E-state index contributed by atoms with van der Waals surface area (Å²) in [5.74, 6) is 1.05. The summed E-state index contributed by atoms with van der Waals surface area (Å²) in [5, 5.41) is 0. The quantitative estimate of drug-likeness (QED) is 0.485. The van der Waals surface area contributed by atoms with Gasteiger partial charge < -0.3 is 17.3 Å². The molecule has 1 aliphatic rings. The number of hydrogen-bond donors (Lipinski definition) is 1. The molecule has 1 rings (SSSR count). The highest BCUT2D eigenvalue weighted by Gasteiger charge is 2.18. The first-order chi connectivity index (χ1) is 4.86. The van der Waals surface area contributed by atoms with Gasteiger partial charge in [0.15, 0.2) is 0 Å². The standard InChI is InChI=1S/C9H19N.ClH/c1-3-9-5-7-10(4-2)8-6-9;/h9H,3-8H2,1-2H3;1H. The van der Waals surface area contributed by atoms with Gasteiger partial charge in [-0.25, -0.2) is 0 Å². The molecule has 0 bridgehead atoms. The van der Waals surface area contributed by atoms with Gasteiger partial charge in [-0.1, -0.05) is 13.3 Å². The van der Waals surface area contributed by atoms with E-state index in [-0.39, 0.29) is 12.4 Å². The lowest BCUT2D eigenvalue weighted by Gasteiger charge is -2.27. The smallest absolute Gasteiger partial charge is 0.0773 e. The van der Waals surface area contributed by atoms with E-state index in [1.165, 1.54) is 38.9 Å². The number of nitrogens with one attached hydrogen (secondary N) is 1. The van der Waals surface area contributed by atoms with Gasteiger partial charge in [0, 0.05) is 0 Å². The third kappa shape index (κ3) is 3.44. The van der Waals surface area contributed by atoms with Gasteiger partial charge >= 0.3 is 0 Å². The maximum absolute atomic E-state index is 2.32. The van der Waals surface area contributed by atoms with Crippen LogP contribution in [0.3, 0.4) is 0 Å². The van der Waals surface area contributed by atoms with Crippen LogP contribution in [-0.4, -0.2) is 19.6 Å². The van der Waals surface area contributed by atoms with E-state index in [0.717, 1.165) is 5.92 Å². The molecule has 2 heteroatoms. The first-order valence-corrected chi connectivity index (χ1v) is 4.70. The van der Waals surface area contributed by atoms with Crippen molar-refractivity contribution in [2.75, 3.05) is 19.6 Å². The van der Waals surface area contributed by atoms with Crippen LogP contribution in [0.1, 0.15) is 33.1 Å². The van der Waals surface area contributed by atoms with Crippen molar-refractivity contribution in [3.63, 3.8) is 0 Å². The molecule has 0 aromatic rings. The van der Waals surface area contributed by atoms with Crippen LogP contribution >= 0.6 is 0 Å². The van der Waals surface area contributed by atoms with E-state index in [1.54, 1.807) is 0 Å². The Morgan fingerprint density at radius 1 is 1.18 bits per heavy atom. The van der Waals surface area contributed by atoms with Crippen molar-refractivity contribution in [3.05, 3.63) is 0 Å². The first kappa shape index (κ1) is 11.2. The number of quaternary nitrogens is 1. The summed E-state index contributed by atoms with van der Waals surface area (Å²) in [6, 6.07) is 0. The van der Waals surface area contributed by atoms with Crippen molar-refractivity contribution in [2.45, 2.75) is 33.1 Å². The first-order valence-electron chi connectivity index (χ1n) is 4.70. The fraction of sp³-hybridized carbons (Fsp3) is 1.00. The molecule has 0 radical (unpaired) electrons. The van der Waals surface area contributed by atoms with Gasteiger partial charge in [-0.15, -0.1) is 0 Å². The third-order valence-corrected chi connectivity index (χ3v) is 2.89. The second-order valence-electron chi connectivity index (χ2n) is 3.46. The molecular weight excluding hydrogens is 158 g/mol. The van der Waals surface area contributed by atoms with Crippen LogP contribution < -0.4 is 17.3 Å². The fourth-order valence-corrected chi connectivity index (χ4v) is 1.85. The van der Waals surface area contributed by atoms with Crippen LogP contribution in [0.5, 0.6) is 0 Å². The summed E-state index contributed by atoms with van der Waals surface area (Å²) < 4.78 is 0. The average Bonchev–Trinajstić information content (AvgIpc) is 2.05. The average molecular weight is 178 g/mol.